The minimum Gasteiger partial charge on any atom is -0.493 e. The van der Waals surface area contributed by atoms with E-state index in [0.717, 1.165) is 5.56 Å². The lowest BCUT2D eigenvalue weighted by Crippen LogP contribution is -2.15. The summed E-state index contributed by atoms with van der Waals surface area (Å²) < 4.78 is 10.2. The average molecular weight is 230 g/mol. The summed E-state index contributed by atoms with van der Waals surface area (Å²) in [5, 5.41) is 1.90. The van der Waals surface area contributed by atoms with Crippen molar-refractivity contribution in [2.24, 2.45) is 0 Å². The second-order valence-corrected chi connectivity index (χ2v) is 3.16. The number of benzene rings is 1. The summed E-state index contributed by atoms with van der Waals surface area (Å²) in [5.41, 5.74) is 0.890. The highest BCUT2D eigenvalue weighted by molar-refractivity contribution is 6.62. The number of hydrogen-bond donors (Lipinski definition) is 1. The number of carbonyl (C=O) groups excluding carboxylic acids is 1. The monoisotopic (exact) mass is 229 g/mol. The number of methoxy groups -OCH3 is 2. The van der Waals surface area contributed by atoms with Crippen LogP contribution < -0.4 is 14.8 Å². The first-order valence-corrected chi connectivity index (χ1v) is 4.69. The Morgan fingerprint density at radius 1 is 1.33 bits per heavy atom. The van der Waals surface area contributed by atoms with E-state index >= 15 is 0 Å². The lowest BCUT2D eigenvalue weighted by Gasteiger charge is -2.09. The molecule has 1 N–H and O–H groups in total. The summed E-state index contributed by atoms with van der Waals surface area (Å²) >= 11 is 5.15. The van der Waals surface area contributed by atoms with Crippen molar-refractivity contribution in [3.05, 3.63) is 23.8 Å². The predicted octanol–water partition coefficient (Wildman–Crippen LogP) is 2.15. The van der Waals surface area contributed by atoms with Gasteiger partial charge in [0.2, 0.25) is 0 Å². The Kier molecular flexibility index (Phi) is 4.24. The fourth-order valence-electron chi connectivity index (χ4n) is 1.16. The Morgan fingerprint density at radius 2 is 2.00 bits per heavy atom. The lowest BCUT2D eigenvalue weighted by molar-refractivity contribution is 0.259. The van der Waals surface area contributed by atoms with Crippen LogP contribution in [-0.4, -0.2) is 19.6 Å². The molecule has 0 bridgehead atoms. The molecule has 0 aromatic heterocycles. The zero-order valence-corrected chi connectivity index (χ0v) is 9.30. The van der Waals surface area contributed by atoms with Crippen LogP contribution in [0.5, 0.6) is 11.5 Å². The third-order valence-corrected chi connectivity index (χ3v) is 2.01. The van der Waals surface area contributed by atoms with Crippen molar-refractivity contribution in [3.8, 4) is 11.5 Å². The van der Waals surface area contributed by atoms with Gasteiger partial charge < -0.3 is 14.8 Å². The van der Waals surface area contributed by atoms with Gasteiger partial charge in [-0.1, -0.05) is 6.07 Å². The molecule has 0 atom stereocenters. The highest BCUT2D eigenvalue weighted by Gasteiger charge is 2.04. The Labute approximate surface area is 93.1 Å². The largest absolute Gasteiger partial charge is 0.493 e. The van der Waals surface area contributed by atoms with E-state index < -0.39 is 5.37 Å². The molecule has 1 amide bonds. The molecule has 0 aliphatic rings. The van der Waals surface area contributed by atoms with Crippen molar-refractivity contribution in [3.63, 3.8) is 0 Å². The smallest absolute Gasteiger partial charge is 0.314 e. The molecule has 0 spiro atoms. The van der Waals surface area contributed by atoms with E-state index in [-0.39, 0.29) is 0 Å². The maximum atomic E-state index is 10.5. The van der Waals surface area contributed by atoms with E-state index in [0.29, 0.717) is 18.0 Å². The zero-order chi connectivity index (χ0) is 11.3. The molecule has 0 aliphatic heterocycles. The van der Waals surface area contributed by atoms with Gasteiger partial charge >= 0.3 is 5.37 Å². The van der Waals surface area contributed by atoms with Crippen LogP contribution in [0.1, 0.15) is 5.56 Å². The number of hydrogen-bond acceptors (Lipinski definition) is 3. The molecule has 15 heavy (non-hydrogen) atoms. The number of ether oxygens (including phenoxy) is 2. The number of nitrogens with one attached hydrogen (secondary N) is 1. The van der Waals surface area contributed by atoms with Crippen molar-refractivity contribution in [1.82, 2.24) is 5.32 Å². The van der Waals surface area contributed by atoms with Crippen LogP contribution in [-0.2, 0) is 6.54 Å². The first-order valence-electron chi connectivity index (χ1n) is 4.31. The number of carbonyl (C=O) groups is 1. The lowest BCUT2D eigenvalue weighted by atomic mass is 10.2. The van der Waals surface area contributed by atoms with E-state index in [1.165, 1.54) is 0 Å². The van der Waals surface area contributed by atoms with Crippen LogP contribution in [0.25, 0.3) is 0 Å². The van der Waals surface area contributed by atoms with Gasteiger partial charge in [-0.25, -0.2) is 0 Å². The summed E-state index contributed by atoms with van der Waals surface area (Å²) in [6.45, 7) is 0.364. The highest BCUT2D eigenvalue weighted by Crippen LogP contribution is 2.27. The number of rotatable bonds is 4. The van der Waals surface area contributed by atoms with Gasteiger partial charge in [0.1, 0.15) is 0 Å². The van der Waals surface area contributed by atoms with Gasteiger partial charge in [-0.05, 0) is 29.3 Å². The second-order valence-electron chi connectivity index (χ2n) is 2.82. The molecule has 0 radical (unpaired) electrons. The summed E-state index contributed by atoms with van der Waals surface area (Å²) in [6.07, 6.45) is 0. The van der Waals surface area contributed by atoms with Crippen LogP contribution in [0, 0.1) is 0 Å². The molecule has 1 aromatic rings. The van der Waals surface area contributed by atoms with Crippen LogP contribution >= 0.6 is 11.6 Å². The number of halogens is 1. The molecule has 0 saturated heterocycles. The molecule has 4 nitrogen and oxygen atoms in total. The Hall–Kier alpha value is -1.42. The molecule has 0 unspecified atom stereocenters. The van der Waals surface area contributed by atoms with Crippen LogP contribution in [0.15, 0.2) is 18.2 Å². The molecule has 1 aromatic carbocycles. The molecular formula is C10H12ClNO3. The summed E-state index contributed by atoms with van der Waals surface area (Å²) in [6, 6.07) is 5.38. The summed E-state index contributed by atoms with van der Waals surface area (Å²) in [5.74, 6) is 1.28. The van der Waals surface area contributed by atoms with Gasteiger partial charge in [-0.15, -0.1) is 0 Å². The van der Waals surface area contributed by atoms with E-state index in [1.807, 2.05) is 6.07 Å². The van der Waals surface area contributed by atoms with Gasteiger partial charge in [0.05, 0.1) is 14.2 Å². The fraction of sp³-hybridized carbons (Fsp3) is 0.300. The molecule has 0 heterocycles. The van der Waals surface area contributed by atoms with Crippen molar-refractivity contribution in [1.29, 1.82) is 0 Å². The molecule has 0 fully saturated rings. The summed E-state index contributed by atoms with van der Waals surface area (Å²) in [7, 11) is 3.12. The van der Waals surface area contributed by atoms with Crippen molar-refractivity contribution < 1.29 is 14.3 Å². The van der Waals surface area contributed by atoms with Crippen molar-refractivity contribution in [2.75, 3.05) is 14.2 Å². The van der Waals surface area contributed by atoms with Crippen LogP contribution in [0.4, 0.5) is 4.79 Å². The molecule has 1 rings (SSSR count). The number of amides is 1. The van der Waals surface area contributed by atoms with Gasteiger partial charge in [-0.2, -0.15) is 0 Å². The maximum absolute atomic E-state index is 10.5. The molecule has 0 saturated carbocycles. The highest BCUT2D eigenvalue weighted by atomic mass is 35.5. The van der Waals surface area contributed by atoms with Gasteiger partial charge in [-0.3, -0.25) is 4.79 Å². The Balaban J connectivity index is 2.78. The standard InChI is InChI=1S/C10H12ClNO3/c1-14-8-4-3-7(5-9(8)15-2)6-12-10(11)13/h3-5H,6H2,1-2H3,(H,12,13). The quantitative estimate of drug-likeness (QED) is 0.636. The van der Waals surface area contributed by atoms with Crippen LogP contribution in [0.2, 0.25) is 0 Å². The molecule has 82 valence electrons. The maximum Gasteiger partial charge on any atom is 0.314 e. The third kappa shape index (κ3) is 3.32. The van der Waals surface area contributed by atoms with E-state index in [1.54, 1.807) is 26.4 Å². The molecular weight excluding hydrogens is 218 g/mol. The average Bonchev–Trinajstić information content (AvgIpc) is 2.25. The van der Waals surface area contributed by atoms with Gasteiger partial charge in [0.15, 0.2) is 11.5 Å². The van der Waals surface area contributed by atoms with Crippen LogP contribution in [0.3, 0.4) is 0 Å². The van der Waals surface area contributed by atoms with Crippen molar-refractivity contribution >= 4 is 17.0 Å². The molecule has 5 heteroatoms. The van der Waals surface area contributed by atoms with E-state index in [9.17, 15) is 4.79 Å². The van der Waals surface area contributed by atoms with Gasteiger partial charge in [0.25, 0.3) is 0 Å². The second kappa shape index (κ2) is 5.46. The minimum atomic E-state index is -0.579. The third-order valence-electron chi connectivity index (χ3n) is 1.88. The normalized spacial score (nSPS) is 9.53. The zero-order valence-electron chi connectivity index (χ0n) is 8.54. The molecule has 0 aliphatic carbocycles. The topological polar surface area (TPSA) is 47.6 Å². The predicted molar refractivity (Wildman–Crippen MR) is 57.6 cm³/mol. The Morgan fingerprint density at radius 3 is 2.53 bits per heavy atom. The van der Waals surface area contributed by atoms with E-state index in [4.69, 9.17) is 21.1 Å². The van der Waals surface area contributed by atoms with Gasteiger partial charge in [0, 0.05) is 6.54 Å². The first-order chi connectivity index (χ1) is 7.17. The summed E-state index contributed by atoms with van der Waals surface area (Å²) in [4.78, 5) is 10.5. The SMILES string of the molecule is COc1ccc(CNC(=O)Cl)cc1OC. The Bertz CT molecular complexity index is 355. The minimum absolute atomic E-state index is 0.364. The van der Waals surface area contributed by atoms with E-state index in [2.05, 4.69) is 5.32 Å². The fourth-order valence-corrected chi connectivity index (χ4v) is 1.23. The van der Waals surface area contributed by atoms with Crippen molar-refractivity contribution in [2.45, 2.75) is 6.54 Å². The first kappa shape index (κ1) is 11.7.